The van der Waals surface area contributed by atoms with Crippen molar-refractivity contribution in [2.75, 3.05) is 13.1 Å². The molecule has 172 valence electrons. The van der Waals surface area contributed by atoms with E-state index in [1.807, 2.05) is 31.2 Å². The molecule has 1 N–H and O–H groups in total. The average Bonchev–Trinajstić information content (AvgIpc) is 2.78. The van der Waals surface area contributed by atoms with E-state index in [4.69, 9.17) is 0 Å². The van der Waals surface area contributed by atoms with Gasteiger partial charge < -0.3 is 5.32 Å². The molecule has 2 aromatic carbocycles. The summed E-state index contributed by atoms with van der Waals surface area (Å²) in [6, 6.07) is 13.9. The molecule has 1 heterocycles. The van der Waals surface area contributed by atoms with E-state index in [1.54, 1.807) is 0 Å². The zero-order valence-electron chi connectivity index (χ0n) is 18.5. The van der Waals surface area contributed by atoms with Crippen LogP contribution in [0.4, 0.5) is 0 Å². The molecule has 4 rings (SSSR count). The summed E-state index contributed by atoms with van der Waals surface area (Å²) in [5, 5.41) is 3.16. The van der Waals surface area contributed by atoms with Gasteiger partial charge in [-0.3, -0.25) is 4.79 Å². The summed E-state index contributed by atoms with van der Waals surface area (Å²) in [7, 11) is -3.40. The molecule has 0 spiro atoms. The lowest BCUT2D eigenvalue weighted by molar-refractivity contribution is -0.126. The number of rotatable bonds is 6. The van der Waals surface area contributed by atoms with Gasteiger partial charge >= 0.3 is 0 Å². The number of fused-ring (bicyclic) bond motifs is 1. The van der Waals surface area contributed by atoms with E-state index in [2.05, 4.69) is 39.4 Å². The van der Waals surface area contributed by atoms with E-state index >= 15 is 0 Å². The van der Waals surface area contributed by atoms with Gasteiger partial charge in [-0.15, -0.1) is 0 Å². The van der Waals surface area contributed by atoms with Gasteiger partial charge in [-0.05, 0) is 79.8 Å². The van der Waals surface area contributed by atoms with Crippen LogP contribution in [0.15, 0.2) is 46.9 Å². The Balaban J connectivity index is 1.31. The van der Waals surface area contributed by atoms with Gasteiger partial charge in [-0.2, -0.15) is 0 Å². The fraction of sp³-hybridized carbons (Fsp3) is 0.480. The van der Waals surface area contributed by atoms with Gasteiger partial charge in [0, 0.05) is 23.5 Å². The number of halogens is 1. The minimum Gasteiger partial charge on any atom is -0.349 e. The molecule has 0 bridgehead atoms. The van der Waals surface area contributed by atoms with Gasteiger partial charge in [0.15, 0.2) is 0 Å². The molecule has 32 heavy (non-hydrogen) atoms. The average molecular weight is 520 g/mol. The maximum atomic E-state index is 12.9. The molecule has 7 heteroatoms. The smallest absolute Gasteiger partial charge is 0.223 e. The third kappa shape index (κ3) is 5.61. The van der Waals surface area contributed by atoms with Crippen LogP contribution in [0, 0.1) is 5.92 Å². The van der Waals surface area contributed by atoms with Crippen LogP contribution >= 0.6 is 15.9 Å². The van der Waals surface area contributed by atoms with Gasteiger partial charge in [-0.25, -0.2) is 12.7 Å². The number of nitrogens with zero attached hydrogens (tertiary/aromatic N) is 1. The van der Waals surface area contributed by atoms with Gasteiger partial charge in [0.25, 0.3) is 0 Å². The summed E-state index contributed by atoms with van der Waals surface area (Å²) < 4.78 is 28.1. The summed E-state index contributed by atoms with van der Waals surface area (Å²) in [6.45, 7) is 2.81. The number of piperidine rings is 1. The SMILES string of the molecule is C[C@H](NC(=O)C1CCN(S(=O)(=O)Cc2cccc(Br)c2)CC1)c1ccc2c(c1)CCCC2. The molecule has 0 radical (unpaired) electrons. The van der Waals surface area contributed by atoms with Crippen LogP contribution in [0.1, 0.15) is 60.9 Å². The number of nitrogens with one attached hydrogen (secondary N) is 1. The highest BCUT2D eigenvalue weighted by Gasteiger charge is 2.31. The normalized spacial score (nSPS) is 18.7. The number of benzene rings is 2. The number of hydrogen-bond donors (Lipinski definition) is 1. The second kappa shape index (κ2) is 10.1. The second-order valence-corrected chi connectivity index (χ2v) is 11.9. The summed E-state index contributed by atoms with van der Waals surface area (Å²) in [5.74, 6) is -0.134. The van der Waals surface area contributed by atoms with Crippen molar-refractivity contribution in [2.45, 2.75) is 57.2 Å². The lowest BCUT2D eigenvalue weighted by Gasteiger charge is -2.31. The number of carbonyl (C=O) groups excluding carboxylic acids is 1. The fourth-order valence-electron chi connectivity index (χ4n) is 4.76. The third-order valence-corrected chi connectivity index (χ3v) is 9.03. The maximum absolute atomic E-state index is 12.9. The maximum Gasteiger partial charge on any atom is 0.223 e. The molecule has 1 amide bonds. The monoisotopic (exact) mass is 518 g/mol. The van der Waals surface area contributed by atoms with E-state index in [0.29, 0.717) is 25.9 Å². The topological polar surface area (TPSA) is 66.5 Å². The van der Waals surface area contributed by atoms with Gasteiger partial charge in [0.1, 0.15) is 0 Å². The van der Waals surface area contributed by atoms with Crippen LogP contribution in [0.5, 0.6) is 0 Å². The van der Waals surface area contributed by atoms with Gasteiger partial charge in [0.05, 0.1) is 11.8 Å². The summed E-state index contributed by atoms with van der Waals surface area (Å²) >= 11 is 3.39. The predicted molar refractivity (Wildman–Crippen MR) is 131 cm³/mol. The van der Waals surface area contributed by atoms with Crippen molar-refractivity contribution < 1.29 is 13.2 Å². The van der Waals surface area contributed by atoms with E-state index in [9.17, 15) is 13.2 Å². The third-order valence-electron chi connectivity index (χ3n) is 6.69. The molecule has 2 aliphatic rings. The Bertz CT molecular complexity index is 1080. The Morgan fingerprint density at radius 2 is 1.81 bits per heavy atom. The molecular formula is C25H31BrN2O3S. The van der Waals surface area contributed by atoms with Crippen LogP contribution < -0.4 is 5.32 Å². The lowest BCUT2D eigenvalue weighted by Crippen LogP contribution is -2.43. The molecule has 0 aromatic heterocycles. The van der Waals surface area contributed by atoms with Crippen LogP contribution in [0.3, 0.4) is 0 Å². The zero-order valence-corrected chi connectivity index (χ0v) is 20.9. The highest BCUT2D eigenvalue weighted by molar-refractivity contribution is 9.10. The Labute approximate surface area is 199 Å². The van der Waals surface area contributed by atoms with E-state index in [0.717, 1.165) is 28.4 Å². The first-order chi connectivity index (χ1) is 15.3. The summed E-state index contributed by atoms with van der Waals surface area (Å²) in [6.07, 6.45) is 5.88. The summed E-state index contributed by atoms with van der Waals surface area (Å²) in [4.78, 5) is 12.9. The van der Waals surface area contributed by atoms with Gasteiger partial charge in [-0.1, -0.05) is 46.3 Å². The van der Waals surface area contributed by atoms with Crippen LogP contribution in [0.2, 0.25) is 0 Å². The largest absolute Gasteiger partial charge is 0.349 e. The van der Waals surface area contributed by atoms with Crippen LogP contribution in [-0.4, -0.2) is 31.7 Å². The van der Waals surface area contributed by atoms with Crippen molar-refractivity contribution in [2.24, 2.45) is 5.92 Å². The predicted octanol–water partition coefficient (Wildman–Crippen LogP) is 4.75. The van der Waals surface area contributed by atoms with Crippen molar-refractivity contribution >= 4 is 31.9 Å². The minimum atomic E-state index is -3.40. The van der Waals surface area contributed by atoms with Crippen molar-refractivity contribution in [3.05, 3.63) is 69.2 Å². The number of carbonyl (C=O) groups is 1. The minimum absolute atomic E-state index is 0.0152. The molecular weight excluding hydrogens is 488 g/mol. The number of sulfonamides is 1. The molecule has 1 atom stereocenters. The van der Waals surface area contributed by atoms with E-state index < -0.39 is 10.0 Å². The van der Waals surface area contributed by atoms with Crippen molar-refractivity contribution in [3.8, 4) is 0 Å². The Morgan fingerprint density at radius 1 is 1.09 bits per heavy atom. The number of hydrogen-bond acceptors (Lipinski definition) is 3. The van der Waals surface area contributed by atoms with E-state index in [-0.39, 0.29) is 23.6 Å². The molecule has 1 aliphatic heterocycles. The standard InChI is InChI=1S/C25H31BrN2O3S/c1-18(22-10-9-20-6-2-3-7-23(20)16-22)27-25(29)21-11-13-28(14-12-21)32(30,31)17-19-5-4-8-24(26)15-19/h4-5,8-10,15-16,18,21H,2-3,6-7,11-14,17H2,1H3,(H,27,29)/t18-/m0/s1. The molecule has 2 aromatic rings. The lowest BCUT2D eigenvalue weighted by atomic mass is 9.89. The molecule has 0 saturated carbocycles. The quantitative estimate of drug-likeness (QED) is 0.599. The van der Waals surface area contributed by atoms with Crippen molar-refractivity contribution in [1.82, 2.24) is 9.62 Å². The first-order valence-electron chi connectivity index (χ1n) is 11.5. The Kier molecular flexibility index (Phi) is 7.37. The highest BCUT2D eigenvalue weighted by atomic mass is 79.9. The molecule has 1 aliphatic carbocycles. The highest BCUT2D eigenvalue weighted by Crippen LogP contribution is 2.26. The first kappa shape index (κ1) is 23.5. The Morgan fingerprint density at radius 3 is 2.53 bits per heavy atom. The first-order valence-corrected chi connectivity index (χ1v) is 13.9. The molecule has 5 nitrogen and oxygen atoms in total. The van der Waals surface area contributed by atoms with Crippen molar-refractivity contribution in [3.63, 3.8) is 0 Å². The molecule has 1 saturated heterocycles. The fourth-order valence-corrected chi connectivity index (χ4v) is 6.76. The van der Waals surface area contributed by atoms with Crippen molar-refractivity contribution in [1.29, 1.82) is 0 Å². The number of aryl methyl sites for hydroxylation is 2. The van der Waals surface area contributed by atoms with Crippen LogP contribution in [-0.2, 0) is 33.4 Å². The second-order valence-electron chi connectivity index (χ2n) is 9.02. The Hall–Kier alpha value is -1.70. The molecule has 0 unspecified atom stereocenters. The summed E-state index contributed by atoms with van der Waals surface area (Å²) in [5.41, 5.74) is 4.76. The van der Waals surface area contributed by atoms with E-state index in [1.165, 1.54) is 28.3 Å². The molecule has 1 fully saturated rings. The zero-order chi connectivity index (χ0) is 22.7. The number of amides is 1. The van der Waals surface area contributed by atoms with Gasteiger partial charge in [0.2, 0.25) is 15.9 Å². The van der Waals surface area contributed by atoms with Crippen LogP contribution in [0.25, 0.3) is 0 Å².